The Morgan fingerprint density at radius 1 is 1.14 bits per heavy atom. The minimum atomic E-state index is -0.890. The summed E-state index contributed by atoms with van der Waals surface area (Å²) in [5, 5.41) is 2.55. The molecule has 0 bridgehead atoms. The van der Waals surface area contributed by atoms with E-state index in [0.29, 0.717) is 11.8 Å². The highest BCUT2D eigenvalue weighted by molar-refractivity contribution is 6.04. The Morgan fingerprint density at radius 2 is 1.91 bits per heavy atom. The first-order valence-electron chi connectivity index (χ1n) is 7.11. The van der Waals surface area contributed by atoms with E-state index >= 15 is 0 Å². The number of carbonyl (C=O) groups excluding carboxylic acids is 1. The SMILES string of the molecule is O=C(Nc1ccc(N2CCCC2)nc1)c1ccc(F)cc1F. The smallest absolute Gasteiger partial charge is 0.258 e. The molecule has 1 aromatic heterocycles. The molecule has 1 aliphatic rings. The number of rotatable bonds is 3. The summed E-state index contributed by atoms with van der Waals surface area (Å²) in [6.07, 6.45) is 3.85. The van der Waals surface area contributed by atoms with Crippen molar-refractivity contribution in [3.8, 4) is 0 Å². The summed E-state index contributed by atoms with van der Waals surface area (Å²) in [5.74, 6) is -1.37. The predicted molar refractivity (Wildman–Crippen MR) is 80.0 cm³/mol. The van der Waals surface area contributed by atoms with Crippen LogP contribution in [0.3, 0.4) is 0 Å². The van der Waals surface area contributed by atoms with Gasteiger partial charge in [0.2, 0.25) is 0 Å². The fourth-order valence-electron chi connectivity index (χ4n) is 2.47. The summed E-state index contributed by atoms with van der Waals surface area (Å²) in [6, 6.07) is 6.39. The monoisotopic (exact) mass is 303 g/mol. The first kappa shape index (κ1) is 14.4. The van der Waals surface area contributed by atoms with Crippen molar-refractivity contribution in [3.63, 3.8) is 0 Å². The largest absolute Gasteiger partial charge is 0.357 e. The highest BCUT2D eigenvalue weighted by atomic mass is 19.1. The Labute approximate surface area is 126 Å². The van der Waals surface area contributed by atoms with Crippen LogP contribution < -0.4 is 10.2 Å². The van der Waals surface area contributed by atoms with E-state index in [4.69, 9.17) is 0 Å². The Hall–Kier alpha value is -2.50. The van der Waals surface area contributed by atoms with Crippen LogP contribution >= 0.6 is 0 Å². The topological polar surface area (TPSA) is 45.2 Å². The van der Waals surface area contributed by atoms with Crippen molar-refractivity contribution >= 4 is 17.4 Å². The molecule has 3 rings (SSSR count). The van der Waals surface area contributed by atoms with E-state index in [0.717, 1.165) is 43.9 Å². The third-order valence-corrected chi connectivity index (χ3v) is 3.61. The van der Waals surface area contributed by atoms with Gasteiger partial charge in [0.05, 0.1) is 17.4 Å². The van der Waals surface area contributed by atoms with Crippen LogP contribution in [0.15, 0.2) is 36.5 Å². The molecule has 1 fully saturated rings. The normalized spacial score (nSPS) is 14.2. The third kappa shape index (κ3) is 3.05. The first-order chi connectivity index (χ1) is 10.6. The maximum atomic E-state index is 13.5. The van der Waals surface area contributed by atoms with Gasteiger partial charge in [0.1, 0.15) is 17.5 Å². The standard InChI is InChI=1S/C16H15F2N3O/c17-11-3-5-13(14(18)9-11)16(22)20-12-4-6-15(19-10-12)21-7-1-2-8-21/h3-6,9-10H,1-2,7-8H2,(H,20,22). The van der Waals surface area contributed by atoms with E-state index in [2.05, 4.69) is 15.2 Å². The number of anilines is 2. The molecule has 1 aromatic carbocycles. The van der Waals surface area contributed by atoms with Crippen LogP contribution in [-0.2, 0) is 0 Å². The molecule has 0 unspecified atom stereocenters. The second kappa shape index (κ2) is 6.09. The highest BCUT2D eigenvalue weighted by Gasteiger charge is 2.15. The molecule has 1 amide bonds. The minimum Gasteiger partial charge on any atom is -0.357 e. The number of aromatic nitrogens is 1. The van der Waals surface area contributed by atoms with Crippen molar-refractivity contribution in [2.24, 2.45) is 0 Å². The highest BCUT2D eigenvalue weighted by Crippen LogP contribution is 2.19. The molecule has 22 heavy (non-hydrogen) atoms. The lowest BCUT2D eigenvalue weighted by atomic mass is 10.2. The van der Waals surface area contributed by atoms with Gasteiger partial charge in [-0.1, -0.05) is 0 Å². The van der Waals surface area contributed by atoms with Crippen molar-refractivity contribution < 1.29 is 13.6 Å². The van der Waals surface area contributed by atoms with Crippen LogP contribution in [0.1, 0.15) is 23.2 Å². The second-order valence-corrected chi connectivity index (χ2v) is 5.18. The zero-order valence-corrected chi connectivity index (χ0v) is 11.9. The molecular formula is C16H15F2N3O. The quantitative estimate of drug-likeness (QED) is 0.947. The van der Waals surface area contributed by atoms with E-state index in [-0.39, 0.29) is 5.56 Å². The van der Waals surface area contributed by atoms with Crippen molar-refractivity contribution in [1.29, 1.82) is 0 Å². The van der Waals surface area contributed by atoms with Crippen molar-refractivity contribution in [2.45, 2.75) is 12.8 Å². The molecule has 1 saturated heterocycles. The van der Waals surface area contributed by atoms with Crippen molar-refractivity contribution in [1.82, 2.24) is 4.98 Å². The number of hydrogen-bond donors (Lipinski definition) is 1. The van der Waals surface area contributed by atoms with E-state index in [1.807, 2.05) is 6.07 Å². The zero-order chi connectivity index (χ0) is 15.5. The Balaban J connectivity index is 1.71. The van der Waals surface area contributed by atoms with Gasteiger partial charge in [-0.2, -0.15) is 0 Å². The van der Waals surface area contributed by atoms with Crippen LogP contribution in [0.2, 0.25) is 0 Å². The summed E-state index contributed by atoms with van der Waals surface area (Å²) >= 11 is 0. The molecule has 0 saturated carbocycles. The van der Waals surface area contributed by atoms with Crippen LogP contribution in [-0.4, -0.2) is 24.0 Å². The maximum Gasteiger partial charge on any atom is 0.258 e. The van der Waals surface area contributed by atoms with Gasteiger partial charge in [-0.15, -0.1) is 0 Å². The molecule has 0 radical (unpaired) electrons. The molecule has 2 aromatic rings. The third-order valence-electron chi connectivity index (χ3n) is 3.61. The molecule has 2 heterocycles. The van der Waals surface area contributed by atoms with Crippen LogP contribution in [0.25, 0.3) is 0 Å². The molecule has 4 nitrogen and oxygen atoms in total. The summed E-state index contributed by atoms with van der Waals surface area (Å²) in [5.41, 5.74) is 0.265. The Morgan fingerprint density at radius 3 is 2.55 bits per heavy atom. The van der Waals surface area contributed by atoms with E-state index < -0.39 is 17.5 Å². The number of nitrogens with zero attached hydrogens (tertiary/aromatic N) is 2. The minimum absolute atomic E-state index is 0.204. The van der Waals surface area contributed by atoms with E-state index in [1.54, 1.807) is 6.07 Å². The first-order valence-corrected chi connectivity index (χ1v) is 7.11. The van der Waals surface area contributed by atoms with Crippen LogP contribution in [0.4, 0.5) is 20.3 Å². The van der Waals surface area contributed by atoms with Crippen molar-refractivity contribution in [2.75, 3.05) is 23.3 Å². The van der Waals surface area contributed by atoms with Gasteiger partial charge >= 0.3 is 0 Å². The Bertz CT molecular complexity index is 682. The number of carbonyl (C=O) groups is 1. The number of halogens is 2. The summed E-state index contributed by atoms with van der Waals surface area (Å²) in [4.78, 5) is 18.4. The molecule has 0 atom stereocenters. The predicted octanol–water partition coefficient (Wildman–Crippen LogP) is 3.21. The fourth-order valence-corrected chi connectivity index (χ4v) is 2.47. The van der Waals surface area contributed by atoms with Gasteiger partial charge in [-0.25, -0.2) is 13.8 Å². The average Bonchev–Trinajstić information content (AvgIpc) is 3.02. The van der Waals surface area contributed by atoms with Gasteiger partial charge in [0.15, 0.2) is 0 Å². The van der Waals surface area contributed by atoms with Crippen molar-refractivity contribution in [3.05, 3.63) is 53.7 Å². The number of pyridine rings is 1. The van der Waals surface area contributed by atoms with E-state index in [9.17, 15) is 13.6 Å². The van der Waals surface area contributed by atoms with E-state index in [1.165, 1.54) is 6.20 Å². The molecule has 0 spiro atoms. The maximum absolute atomic E-state index is 13.5. The lowest BCUT2D eigenvalue weighted by Gasteiger charge is -2.16. The summed E-state index contributed by atoms with van der Waals surface area (Å²) in [7, 11) is 0. The van der Waals surface area contributed by atoms with Gasteiger partial charge in [0, 0.05) is 19.2 Å². The van der Waals surface area contributed by atoms with Gasteiger partial charge in [-0.3, -0.25) is 4.79 Å². The van der Waals surface area contributed by atoms with Gasteiger partial charge < -0.3 is 10.2 Å². The second-order valence-electron chi connectivity index (χ2n) is 5.18. The molecular weight excluding hydrogens is 288 g/mol. The Kier molecular flexibility index (Phi) is 4.00. The van der Waals surface area contributed by atoms with Gasteiger partial charge in [-0.05, 0) is 37.1 Å². The summed E-state index contributed by atoms with van der Waals surface area (Å²) < 4.78 is 26.4. The molecule has 6 heteroatoms. The number of amides is 1. The number of benzene rings is 1. The average molecular weight is 303 g/mol. The molecule has 114 valence electrons. The molecule has 1 N–H and O–H groups in total. The van der Waals surface area contributed by atoms with Crippen LogP contribution in [0.5, 0.6) is 0 Å². The lowest BCUT2D eigenvalue weighted by Crippen LogP contribution is -2.19. The molecule has 1 aliphatic heterocycles. The summed E-state index contributed by atoms with van der Waals surface area (Å²) in [6.45, 7) is 1.97. The number of nitrogens with one attached hydrogen (secondary N) is 1. The van der Waals surface area contributed by atoms with Crippen LogP contribution in [0, 0.1) is 11.6 Å². The fraction of sp³-hybridized carbons (Fsp3) is 0.250. The van der Waals surface area contributed by atoms with Gasteiger partial charge in [0.25, 0.3) is 5.91 Å². The lowest BCUT2D eigenvalue weighted by molar-refractivity contribution is 0.102. The zero-order valence-electron chi connectivity index (χ0n) is 11.9. The number of hydrogen-bond acceptors (Lipinski definition) is 3. The molecule has 0 aliphatic carbocycles.